The Morgan fingerprint density at radius 2 is 2.15 bits per heavy atom. The molecule has 2 aromatic heterocycles. The Morgan fingerprint density at radius 3 is 2.75 bits per heavy atom. The lowest BCUT2D eigenvalue weighted by atomic mass is 10.2. The molecule has 2 atom stereocenters. The van der Waals surface area contributed by atoms with Crippen molar-refractivity contribution in [1.82, 2.24) is 10.3 Å². The van der Waals surface area contributed by atoms with Crippen molar-refractivity contribution in [2.24, 2.45) is 0 Å². The predicted octanol–water partition coefficient (Wildman–Crippen LogP) is 3.24. The van der Waals surface area contributed by atoms with Crippen LogP contribution in [0.5, 0.6) is 0 Å². The third-order valence-corrected chi connectivity index (χ3v) is 4.09. The SMILES string of the molecule is COC(=O)c1ccc(C(C)NC(C)c2nc(C)cs2)o1. The molecule has 6 heteroatoms. The van der Waals surface area contributed by atoms with Crippen LogP contribution in [-0.2, 0) is 4.74 Å². The van der Waals surface area contributed by atoms with Crippen molar-refractivity contribution in [3.63, 3.8) is 0 Å². The zero-order chi connectivity index (χ0) is 14.7. The fourth-order valence-electron chi connectivity index (χ4n) is 1.90. The van der Waals surface area contributed by atoms with Gasteiger partial charge in [-0.3, -0.25) is 5.32 Å². The normalized spacial score (nSPS) is 14.0. The first-order valence-corrected chi connectivity index (χ1v) is 7.25. The number of furan rings is 1. The molecule has 0 aliphatic carbocycles. The molecule has 2 rings (SSSR count). The standard InChI is InChI=1S/C14H18N2O3S/c1-8-7-20-13(15-8)10(3)16-9(2)11-5-6-12(19-11)14(17)18-4/h5-7,9-10,16H,1-4H3. The van der Waals surface area contributed by atoms with Crippen LogP contribution < -0.4 is 5.32 Å². The number of hydrogen-bond donors (Lipinski definition) is 1. The molecule has 5 nitrogen and oxygen atoms in total. The third-order valence-electron chi connectivity index (χ3n) is 2.95. The van der Waals surface area contributed by atoms with Crippen LogP contribution in [0.3, 0.4) is 0 Å². The molecule has 2 aromatic rings. The van der Waals surface area contributed by atoms with Crippen molar-refractivity contribution in [2.45, 2.75) is 32.9 Å². The van der Waals surface area contributed by atoms with Crippen LogP contribution in [0.1, 0.15) is 52.9 Å². The molecule has 0 bridgehead atoms. The van der Waals surface area contributed by atoms with Crippen LogP contribution >= 0.6 is 11.3 Å². The van der Waals surface area contributed by atoms with Crippen molar-refractivity contribution in [3.05, 3.63) is 39.7 Å². The van der Waals surface area contributed by atoms with Crippen LogP contribution in [0.25, 0.3) is 0 Å². The molecular weight excluding hydrogens is 276 g/mol. The minimum absolute atomic E-state index is 0.0207. The number of nitrogens with zero attached hydrogens (tertiary/aromatic N) is 1. The molecule has 0 fully saturated rings. The van der Waals surface area contributed by atoms with Gasteiger partial charge < -0.3 is 9.15 Å². The van der Waals surface area contributed by atoms with E-state index in [4.69, 9.17) is 4.42 Å². The Labute approximate surface area is 122 Å². The highest BCUT2D eigenvalue weighted by Crippen LogP contribution is 2.23. The van der Waals surface area contributed by atoms with Gasteiger partial charge in [-0.05, 0) is 32.9 Å². The molecular formula is C14H18N2O3S. The quantitative estimate of drug-likeness (QED) is 0.858. The van der Waals surface area contributed by atoms with E-state index in [9.17, 15) is 4.79 Å². The fourth-order valence-corrected chi connectivity index (χ4v) is 2.71. The van der Waals surface area contributed by atoms with Crippen molar-refractivity contribution >= 4 is 17.3 Å². The summed E-state index contributed by atoms with van der Waals surface area (Å²) in [6.07, 6.45) is 0. The van der Waals surface area contributed by atoms with Gasteiger partial charge in [-0.25, -0.2) is 9.78 Å². The van der Waals surface area contributed by atoms with E-state index in [1.54, 1.807) is 23.5 Å². The van der Waals surface area contributed by atoms with E-state index in [1.807, 2.05) is 19.2 Å². The second kappa shape index (κ2) is 6.19. The minimum atomic E-state index is -0.466. The Balaban J connectivity index is 2.02. The summed E-state index contributed by atoms with van der Waals surface area (Å²) in [5.74, 6) is 0.450. The average Bonchev–Trinajstić information content (AvgIpc) is 3.06. The Hall–Kier alpha value is -1.66. The lowest BCUT2D eigenvalue weighted by molar-refractivity contribution is 0.0562. The van der Waals surface area contributed by atoms with Crippen molar-refractivity contribution in [1.29, 1.82) is 0 Å². The molecule has 0 amide bonds. The van der Waals surface area contributed by atoms with Gasteiger partial charge in [0.05, 0.1) is 19.2 Å². The van der Waals surface area contributed by atoms with Gasteiger partial charge in [0.15, 0.2) is 0 Å². The van der Waals surface area contributed by atoms with Crippen LogP contribution in [0.4, 0.5) is 0 Å². The number of nitrogens with one attached hydrogen (secondary N) is 1. The molecule has 2 unspecified atom stereocenters. The second-order valence-electron chi connectivity index (χ2n) is 4.63. The Morgan fingerprint density at radius 1 is 1.40 bits per heavy atom. The van der Waals surface area contributed by atoms with Crippen LogP contribution in [0, 0.1) is 6.92 Å². The van der Waals surface area contributed by atoms with E-state index in [0.29, 0.717) is 5.76 Å². The summed E-state index contributed by atoms with van der Waals surface area (Å²) < 4.78 is 10.1. The van der Waals surface area contributed by atoms with Crippen molar-refractivity contribution < 1.29 is 13.9 Å². The molecule has 0 aromatic carbocycles. The summed E-state index contributed by atoms with van der Waals surface area (Å²) in [4.78, 5) is 15.8. The van der Waals surface area contributed by atoms with Gasteiger partial charge in [-0.1, -0.05) is 0 Å². The lowest BCUT2D eigenvalue weighted by Gasteiger charge is -2.16. The van der Waals surface area contributed by atoms with E-state index >= 15 is 0 Å². The minimum Gasteiger partial charge on any atom is -0.463 e. The molecule has 20 heavy (non-hydrogen) atoms. The molecule has 0 radical (unpaired) electrons. The highest BCUT2D eigenvalue weighted by atomic mass is 32.1. The van der Waals surface area contributed by atoms with Crippen LogP contribution in [0.2, 0.25) is 0 Å². The van der Waals surface area contributed by atoms with Crippen molar-refractivity contribution in [3.8, 4) is 0 Å². The van der Waals surface area contributed by atoms with Gasteiger partial charge in [0.2, 0.25) is 5.76 Å². The highest BCUT2D eigenvalue weighted by Gasteiger charge is 2.18. The first kappa shape index (κ1) is 14.7. The summed E-state index contributed by atoms with van der Waals surface area (Å²) >= 11 is 1.63. The number of rotatable bonds is 5. The maximum absolute atomic E-state index is 11.4. The number of ether oxygens (including phenoxy) is 1. The van der Waals surface area contributed by atoms with E-state index in [-0.39, 0.29) is 17.8 Å². The molecule has 0 saturated heterocycles. The number of carbonyl (C=O) groups is 1. The van der Waals surface area contributed by atoms with E-state index < -0.39 is 5.97 Å². The lowest BCUT2D eigenvalue weighted by Crippen LogP contribution is -2.22. The number of aryl methyl sites for hydroxylation is 1. The number of aromatic nitrogens is 1. The highest BCUT2D eigenvalue weighted by molar-refractivity contribution is 7.09. The first-order chi connectivity index (χ1) is 9.51. The molecule has 0 aliphatic rings. The second-order valence-corrected chi connectivity index (χ2v) is 5.52. The maximum atomic E-state index is 11.4. The Kier molecular flexibility index (Phi) is 4.57. The van der Waals surface area contributed by atoms with Gasteiger partial charge in [0.25, 0.3) is 0 Å². The molecule has 108 valence electrons. The van der Waals surface area contributed by atoms with E-state index in [2.05, 4.69) is 22.0 Å². The van der Waals surface area contributed by atoms with Gasteiger partial charge in [-0.15, -0.1) is 11.3 Å². The van der Waals surface area contributed by atoms with Crippen LogP contribution in [0.15, 0.2) is 21.9 Å². The number of esters is 1. The molecule has 0 spiro atoms. The summed E-state index contributed by atoms with van der Waals surface area (Å²) in [6, 6.07) is 3.50. The van der Waals surface area contributed by atoms with E-state index in [1.165, 1.54) is 7.11 Å². The summed E-state index contributed by atoms with van der Waals surface area (Å²) in [5.41, 5.74) is 1.03. The zero-order valence-electron chi connectivity index (χ0n) is 12.0. The summed E-state index contributed by atoms with van der Waals surface area (Å²) in [7, 11) is 1.33. The monoisotopic (exact) mass is 294 g/mol. The van der Waals surface area contributed by atoms with Gasteiger partial charge in [0, 0.05) is 11.1 Å². The first-order valence-electron chi connectivity index (χ1n) is 6.37. The molecule has 2 heterocycles. The number of hydrogen-bond acceptors (Lipinski definition) is 6. The maximum Gasteiger partial charge on any atom is 0.373 e. The summed E-state index contributed by atoms with van der Waals surface area (Å²) in [6.45, 7) is 6.01. The number of methoxy groups -OCH3 is 1. The van der Waals surface area contributed by atoms with Crippen molar-refractivity contribution in [2.75, 3.05) is 7.11 Å². The average molecular weight is 294 g/mol. The van der Waals surface area contributed by atoms with E-state index in [0.717, 1.165) is 10.7 Å². The molecule has 1 N–H and O–H groups in total. The number of thiazole rings is 1. The molecule has 0 aliphatic heterocycles. The van der Waals surface area contributed by atoms with Gasteiger partial charge in [-0.2, -0.15) is 0 Å². The largest absolute Gasteiger partial charge is 0.463 e. The zero-order valence-corrected chi connectivity index (χ0v) is 12.8. The summed E-state index contributed by atoms with van der Waals surface area (Å²) in [5, 5.41) is 6.46. The van der Waals surface area contributed by atoms with Gasteiger partial charge >= 0.3 is 5.97 Å². The van der Waals surface area contributed by atoms with Crippen LogP contribution in [-0.4, -0.2) is 18.1 Å². The number of carbonyl (C=O) groups excluding carboxylic acids is 1. The van der Waals surface area contributed by atoms with Gasteiger partial charge in [0.1, 0.15) is 10.8 Å². The smallest absolute Gasteiger partial charge is 0.373 e. The topological polar surface area (TPSA) is 64.4 Å². The third kappa shape index (κ3) is 3.26. The fraction of sp³-hybridized carbons (Fsp3) is 0.429. The molecule has 0 saturated carbocycles. The Bertz CT molecular complexity index is 591. The predicted molar refractivity (Wildman–Crippen MR) is 76.9 cm³/mol.